The first-order valence-electron chi connectivity index (χ1n) is 8.80. The van der Waals surface area contributed by atoms with Crippen molar-refractivity contribution in [2.45, 2.75) is 38.6 Å². The van der Waals surface area contributed by atoms with Gasteiger partial charge in [-0.15, -0.1) is 0 Å². The van der Waals surface area contributed by atoms with E-state index in [9.17, 15) is 19.2 Å². The van der Waals surface area contributed by atoms with Crippen molar-refractivity contribution < 1.29 is 23.9 Å². The molecule has 2 fully saturated rings. The second kappa shape index (κ2) is 7.27. The van der Waals surface area contributed by atoms with Crippen LogP contribution in [0, 0.1) is 5.92 Å². The fourth-order valence-electron chi connectivity index (χ4n) is 3.65. The average Bonchev–Trinajstić information content (AvgIpc) is 2.86. The Morgan fingerprint density at radius 3 is 2.35 bits per heavy atom. The zero-order chi connectivity index (χ0) is 18.8. The molecule has 26 heavy (non-hydrogen) atoms. The number of ketones is 1. The normalized spacial score (nSPS) is 23.5. The predicted octanol–water partition coefficient (Wildman–Crippen LogP) is 2.25. The second-order valence-electron chi connectivity index (χ2n) is 6.83. The smallest absolute Gasteiger partial charge is 0.334 e. The van der Waals surface area contributed by atoms with Crippen LogP contribution in [-0.2, 0) is 9.59 Å². The first-order valence-corrected chi connectivity index (χ1v) is 8.80. The Morgan fingerprint density at radius 1 is 1.08 bits per heavy atom. The maximum absolute atomic E-state index is 12.7. The van der Waals surface area contributed by atoms with Gasteiger partial charge in [-0.05, 0) is 43.0 Å². The zero-order valence-electron chi connectivity index (χ0n) is 14.9. The molecular weight excluding hydrogens is 336 g/mol. The first kappa shape index (κ1) is 18.1. The van der Waals surface area contributed by atoms with Gasteiger partial charge in [-0.2, -0.15) is 0 Å². The van der Waals surface area contributed by atoms with Gasteiger partial charge < -0.3 is 4.74 Å². The van der Waals surface area contributed by atoms with E-state index in [-0.39, 0.29) is 12.0 Å². The molecule has 7 heteroatoms. The topological polar surface area (TPSA) is 84.0 Å². The van der Waals surface area contributed by atoms with Gasteiger partial charge in [0.2, 0.25) is 0 Å². The Morgan fingerprint density at radius 2 is 1.73 bits per heavy atom. The number of amides is 4. The van der Waals surface area contributed by atoms with Gasteiger partial charge in [0.15, 0.2) is 5.78 Å². The number of carbonyl (C=O) groups excluding carboxylic acids is 4. The lowest BCUT2D eigenvalue weighted by Gasteiger charge is -2.34. The van der Waals surface area contributed by atoms with Gasteiger partial charge in [0.25, 0.3) is 0 Å². The molecule has 138 valence electrons. The fraction of sp³-hybridized carbons (Fsp3) is 0.474. The number of ether oxygens (including phenoxy) is 1. The van der Waals surface area contributed by atoms with E-state index in [2.05, 4.69) is 0 Å². The van der Waals surface area contributed by atoms with Crippen molar-refractivity contribution in [1.82, 2.24) is 9.80 Å². The molecule has 2 aliphatic rings. The van der Waals surface area contributed by atoms with Gasteiger partial charge in [0.1, 0.15) is 5.75 Å². The van der Waals surface area contributed by atoms with Crippen molar-refractivity contribution >= 4 is 23.6 Å². The molecule has 1 saturated carbocycles. The van der Waals surface area contributed by atoms with E-state index in [1.54, 1.807) is 24.3 Å². The molecular formula is C19H22N2O5. The summed E-state index contributed by atoms with van der Waals surface area (Å²) in [6.45, 7) is 1.55. The molecule has 0 spiro atoms. The van der Waals surface area contributed by atoms with Gasteiger partial charge in [-0.3, -0.25) is 19.3 Å². The summed E-state index contributed by atoms with van der Waals surface area (Å²) in [7, 11) is 1.52. The van der Waals surface area contributed by atoms with E-state index in [0.717, 1.165) is 29.1 Å². The van der Waals surface area contributed by atoms with Gasteiger partial charge in [0.05, 0.1) is 13.7 Å². The molecule has 0 N–H and O–H groups in total. The molecule has 0 bridgehead atoms. The summed E-state index contributed by atoms with van der Waals surface area (Å²) in [4.78, 5) is 51.6. The fourth-order valence-corrected chi connectivity index (χ4v) is 3.65. The summed E-state index contributed by atoms with van der Waals surface area (Å²) >= 11 is 0. The highest BCUT2D eigenvalue weighted by atomic mass is 16.5. The molecule has 1 aromatic rings. The van der Waals surface area contributed by atoms with Crippen LogP contribution in [0.25, 0.3) is 0 Å². The van der Waals surface area contributed by atoms with Crippen LogP contribution in [0.3, 0.4) is 0 Å². The van der Waals surface area contributed by atoms with Crippen molar-refractivity contribution in [2.24, 2.45) is 5.92 Å². The Hall–Kier alpha value is -2.70. The SMILES string of the molecule is COc1ccc(C(=O)CN2C(=O)C(=O)N([C@@H]3CCCC[C@H]3C)C2=O)cc1. The number of methoxy groups -OCH3 is 1. The highest BCUT2D eigenvalue weighted by Gasteiger charge is 2.49. The van der Waals surface area contributed by atoms with Crippen LogP contribution in [-0.4, -0.2) is 53.1 Å². The summed E-state index contributed by atoms with van der Waals surface area (Å²) < 4.78 is 5.04. The zero-order valence-corrected chi connectivity index (χ0v) is 14.9. The van der Waals surface area contributed by atoms with Crippen LogP contribution >= 0.6 is 0 Å². The number of benzene rings is 1. The number of rotatable bonds is 5. The number of carbonyl (C=O) groups is 4. The largest absolute Gasteiger partial charge is 0.497 e. The van der Waals surface area contributed by atoms with Gasteiger partial charge in [-0.1, -0.05) is 19.8 Å². The first-order chi connectivity index (χ1) is 12.4. The third-order valence-electron chi connectivity index (χ3n) is 5.20. The lowest BCUT2D eigenvalue weighted by Crippen LogP contribution is -2.46. The molecule has 0 unspecified atom stereocenters. The van der Waals surface area contributed by atoms with Crippen LogP contribution in [0.1, 0.15) is 43.0 Å². The third kappa shape index (κ3) is 3.21. The second-order valence-corrected chi connectivity index (χ2v) is 6.83. The van der Waals surface area contributed by atoms with Crippen LogP contribution < -0.4 is 4.74 Å². The number of hydrogen-bond acceptors (Lipinski definition) is 5. The van der Waals surface area contributed by atoms with Crippen LogP contribution in [0.5, 0.6) is 5.75 Å². The Kier molecular flexibility index (Phi) is 5.06. The number of Topliss-reactive ketones (excluding diaryl/α,β-unsaturated/α-hetero) is 1. The van der Waals surface area contributed by atoms with Crippen molar-refractivity contribution in [3.05, 3.63) is 29.8 Å². The standard InChI is InChI=1S/C19H22N2O5/c1-12-5-3-4-6-15(12)21-18(24)17(23)20(19(21)25)11-16(22)13-7-9-14(26-2)10-8-13/h7-10,12,15H,3-6,11H2,1-2H3/t12-,15-/m1/s1. The summed E-state index contributed by atoms with van der Waals surface area (Å²) in [5.74, 6) is -1.39. The monoisotopic (exact) mass is 358 g/mol. The maximum Gasteiger partial charge on any atom is 0.334 e. The Labute approximate surface area is 151 Å². The molecule has 1 aromatic carbocycles. The van der Waals surface area contributed by atoms with Crippen LogP contribution in [0.15, 0.2) is 24.3 Å². The lowest BCUT2D eigenvalue weighted by atomic mass is 9.85. The highest BCUT2D eigenvalue weighted by Crippen LogP contribution is 2.31. The summed E-state index contributed by atoms with van der Waals surface area (Å²) in [5.41, 5.74) is 0.350. The number of imide groups is 2. The minimum atomic E-state index is -0.922. The highest BCUT2D eigenvalue weighted by molar-refractivity contribution is 6.45. The maximum atomic E-state index is 12.7. The van der Waals surface area contributed by atoms with Gasteiger partial charge >= 0.3 is 17.8 Å². The molecule has 1 aliphatic heterocycles. The van der Waals surface area contributed by atoms with Crippen molar-refractivity contribution in [3.8, 4) is 5.75 Å². The van der Waals surface area contributed by atoms with Crippen molar-refractivity contribution in [3.63, 3.8) is 0 Å². The predicted molar refractivity (Wildman–Crippen MR) is 92.7 cm³/mol. The minimum Gasteiger partial charge on any atom is -0.497 e. The van der Waals surface area contributed by atoms with E-state index in [1.807, 2.05) is 6.92 Å². The van der Waals surface area contributed by atoms with Gasteiger partial charge in [0, 0.05) is 11.6 Å². The van der Waals surface area contributed by atoms with Crippen LogP contribution in [0.2, 0.25) is 0 Å². The minimum absolute atomic E-state index is 0.154. The third-order valence-corrected chi connectivity index (χ3v) is 5.20. The molecule has 0 aromatic heterocycles. The number of hydrogen-bond donors (Lipinski definition) is 0. The Bertz CT molecular complexity index is 743. The van der Waals surface area contributed by atoms with Gasteiger partial charge in [-0.25, -0.2) is 9.69 Å². The van der Waals surface area contributed by atoms with E-state index in [0.29, 0.717) is 17.7 Å². The Balaban J connectivity index is 1.75. The summed E-state index contributed by atoms with van der Waals surface area (Å²) in [6, 6.07) is 5.43. The quantitative estimate of drug-likeness (QED) is 0.458. The van der Waals surface area contributed by atoms with Crippen molar-refractivity contribution in [2.75, 3.05) is 13.7 Å². The number of urea groups is 1. The molecule has 1 saturated heterocycles. The van der Waals surface area contributed by atoms with E-state index in [1.165, 1.54) is 7.11 Å². The van der Waals surface area contributed by atoms with Crippen molar-refractivity contribution in [1.29, 1.82) is 0 Å². The van der Waals surface area contributed by atoms with Crippen LogP contribution in [0.4, 0.5) is 4.79 Å². The molecule has 7 nitrogen and oxygen atoms in total. The molecule has 1 heterocycles. The average molecular weight is 358 g/mol. The number of nitrogens with zero attached hydrogens (tertiary/aromatic N) is 2. The lowest BCUT2D eigenvalue weighted by molar-refractivity contribution is -0.144. The molecule has 2 atom stereocenters. The summed E-state index contributed by atoms with van der Waals surface area (Å²) in [6.07, 6.45) is 3.60. The van der Waals surface area contributed by atoms with E-state index >= 15 is 0 Å². The molecule has 0 radical (unpaired) electrons. The van der Waals surface area contributed by atoms with E-state index in [4.69, 9.17) is 4.74 Å². The summed E-state index contributed by atoms with van der Waals surface area (Å²) in [5, 5.41) is 0. The van der Waals surface area contributed by atoms with E-state index < -0.39 is 30.2 Å². The molecule has 1 aliphatic carbocycles. The molecule has 3 rings (SSSR count). The molecule has 4 amide bonds.